The molecule has 3 aromatic heterocycles. The number of rotatable bonds is 10. The number of carboxylic acid groups (broad SMARTS) is 2. The molecule has 0 aliphatic carbocycles. The Hall–Kier alpha value is -3.25. The molecule has 0 aliphatic heterocycles. The highest BCUT2D eigenvalue weighted by Crippen LogP contribution is 2.24. The van der Waals surface area contributed by atoms with Gasteiger partial charge in [-0.3, -0.25) is 19.4 Å². The number of nitrogens with two attached hydrogens (primary N) is 1. The minimum Gasteiger partial charge on any atom is -0.481 e. The molecular formula is C19H20N4O6S2. The Kier molecular flexibility index (Phi) is 7.02. The number of thiophene rings is 2. The number of carbonyl (C=O) groups is 3. The molecule has 0 unspecified atom stereocenters. The Labute approximate surface area is 183 Å². The average Bonchev–Trinajstić information content (AvgIpc) is 3.31. The van der Waals surface area contributed by atoms with Crippen molar-refractivity contribution in [1.82, 2.24) is 15.3 Å². The van der Waals surface area contributed by atoms with Crippen LogP contribution in [0.25, 0.3) is 10.2 Å². The molecule has 1 amide bonds. The second-order valence-electron chi connectivity index (χ2n) is 6.83. The lowest BCUT2D eigenvalue weighted by atomic mass is 10.1. The number of aliphatic carboxylic acids is 2. The number of fused-ring (bicyclic) bond motifs is 1. The number of aromatic amines is 1. The molecule has 0 radical (unpaired) electrons. The molecule has 0 aliphatic rings. The van der Waals surface area contributed by atoms with Gasteiger partial charge in [-0.05, 0) is 37.8 Å². The second kappa shape index (κ2) is 9.71. The van der Waals surface area contributed by atoms with Crippen molar-refractivity contribution in [3.8, 4) is 0 Å². The zero-order chi connectivity index (χ0) is 22.5. The maximum Gasteiger partial charge on any atom is 0.326 e. The molecule has 0 saturated carbocycles. The number of carbonyl (C=O) groups excluding carboxylic acids is 1. The summed E-state index contributed by atoms with van der Waals surface area (Å²) in [5, 5.41) is 22.4. The minimum absolute atomic E-state index is 0.0865. The lowest BCUT2D eigenvalue weighted by Crippen LogP contribution is -2.41. The van der Waals surface area contributed by atoms with Gasteiger partial charge in [0, 0.05) is 21.6 Å². The summed E-state index contributed by atoms with van der Waals surface area (Å²) in [5.74, 6) is -2.86. The molecule has 3 heterocycles. The van der Waals surface area contributed by atoms with Gasteiger partial charge >= 0.3 is 11.9 Å². The van der Waals surface area contributed by atoms with E-state index in [2.05, 4.69) is 15.3 Å². The van der Waals surface area contributed by atoms with E-state index in [9.17, 15) is 19.2 Å². The fourth-order valence-corrected chi connectivity index (χ4v) is 4.94. The van der Waals surface area contributed by atoms with Crippen LogP contribution in [0.4, 0.5) is 5.95 Å². The molecule has 31 heavy (non-hydrogen) atoms. The van der Waals surface area contributed by atoms with Crippen LogP contribution in [0.15, 0.2) is 22.3 Å². The normalized spacial score (nSPS) is 12.0. The number of aryl methyl sites for hydroxylation is 2. The molecule has 6 N–H and O–H groups in total. The van der Waals surface area contributed by atoms with E-state index in [4.69, 9.17) is 15.9 Å². The number of aromatic nitrogens is 2. The van der Waals surface area contributed by atoms with E-state index in [1.807, 2.05) is 6.07 Å². The predicted octanol–water partition coefficient (Wildman–Crippen LogP) is 1.85. The number of H-pyrrole nitrogens is 1. The topological polar surface area (TPSA) is 175 Å². The third-order valence-corrected chi connectivity index (χ3v) is 6.57. The number of nitrogens with zero attached hydrogens (tertiary/aromatic N) is 1. The minimum atomic E-state index is -1.27. The first-order chi connectivity index (χ1) is 14.7. The summed E-state index contributed by atoms with van der Waals surface area (Å²) in [6.07, 6.45) is 1.69. The van der Waals surface area contributed by atoms with Crippen molar-refractivity contribution < 1.29 is 24.6 Å². The van der Waals surface area contributed by atoms with Crippen molar-refractivity contribution in [2.24, 2.45) is 0 Å². The summed E-state index contributed by atoms with van der Waals surface area (Å²) in [5.41, 5.74) is 5.64. The molecule has 3 aromatic rings. The molecule has 0 spiro atoms. The average molecular weight is 465 g/mol. The Bertz CT molecular complexity index is 1180. The van der Waals surface area contributed by atoms with Gasteiger partial charge in [-0.2, -0.15) is 0 Å². The molecule has 1 atom stereocenters. The third kappa shape index (κ3) is 5.89. The van der Waals surface area contributed by atoms with Crippen molar-refractivity contribution in [3.63, 3.8) is 0 Å². The summed E-state index contributed by atoms with van der Waals surface area (Å²) in [4.78, 5) is 55.2. The zero-order valence-corrected chi connectivity index (χ0v) is 17.8. The molecule has 0 fully saturated rings. The maximum atomic E-state index is 12.3. The fourth-order valence-electron chi connectivity index (χ4n) is 2.96. The van der Waals surface area contributed by atoms with E-state index in [-0.39, 0.29) is 24.3 Å². The first kappa shape index (κ1) is 22.4. The van der Waals surface area contributed by atoms with Gasteiger partial charge in [-0.1, -0.05) is 0 Å². The van der Waals surface area contributed by atoms with Crippen LogP contribution in [-0.2, 0) is 22.4 Å². The van der Waals surface area contributed by atoms with Crippen LogP contribution in [0.5, 0.6) is 0 Å². The van der Waals surface area contributed by atoms with Gasteiger partial charge in [-0.15, -0.1) is 22.7 Å². The predicted molar refractivity (Wildman–Crippen MR) is 117 cm³/mol. The number of anilines is 1. The van der Waals surface area contributed by atoms with Crippen LogP contribution >= 0.6 is 22.7 Å². The van der Waals surface area contributed by atoms with Crippen molar-refractivity contribution in [3.05, 3.63) is 43.2 Å². The van der Waals surface area contributed by atoms with E-state index in [1.54, 1.807) is 11.4 Å². The number of nitrogens with one attached hydrogen (secondary N) is 2. The highest BCUT2D eigenvalue weighted by Gasteiger charge is 2.22. The van der Waals surface area contributed by atoms with Gasteiger partial charge in [-0.25, -0.2) is 9.78 Å². The highest BCUT2D eigenvalue weighted by molar-refractivity contribution is 7.18. The van der Waals surface area contributed by atoms with E-state index in [0.717, 1.165) is 22.6 Å². The third-order valence-electron chi connectivity index (χ3n) is 4.48. The highest BCUT2D eigenvalue weighted by atomic mass is 32.1. The molecular weight excluding hydrogens is 444 g/mol. The summed E-state index contributed by atoms with van der Waals surface area (Å²) in [7, 11) is 0. The molecule has 164 valence electrons. The molecule has 0 bridgehead atoms. The second-order valence-corrected chi connectivity index (χ2v) is 8.95. The van der Waals surface area contributed by atoms with E-state index < -0.39 is 23.9 Å². The molecule has 0 saturated heterocycles. The van der Waals surface area contributed by atoms with Crippen molar-refractivity contribution in [1.29, 1.82) is 0 Å². The fraction of sp³-hybridized carbons (Fsp3) is 0.316. The number of carboxylic acids is 2. The van der Waals surface area contributed by atoms with Gasteiger partial charge in [0.15, 0.2) is 0 Å². The Morgan fingerprint density at radius 1 is 1.19 bits per heavy atom. The van der Waals surface area contributed by atoms with Gasteiger partial charge in [0.05, 0.1) is 10.9 Å². The van der Waals surface area contributed by atoms with Gasteiger partial charge in [0.25, 0.3) is 11.5 Å². The lowest BCUT2D eigenvalue weighted by Gasteiger charge is -2.12. The largest absolute Gasteiger partial charge is 0.481 e. The van der Waals surface area contributed by atoms with Crippen LogP contribution in [0.3, 0.4) is 0 Å². The SMILES string of the molecule is Nc1nc2sc(CCCc3cc(C(=O)N[C@@H](CCC(=O)O)C(=O)O)cs3)cc2c(=O)[nH]1. The molecule has 12 heteroatoms. The van der Waals surface area contributed by atoms with Crippen LogP contribution in [0, 0.1) is 0 Å². The Balaban J connectivity index is 1.55. The summed E-state index contributed by atoms with van der Waals surface area (Å²) in [6.45, 7) is 0. The number of amides is 1. The number of hydrogen-bond acceptors (Lipinski definition) is 8. The van der Waals surface area contributed by atoms with E-state index in [1.165, 1.54) is 22.7 Å². The smallest absolute Gasteiger partial charge is 0.326 e. The summed E-state index contributed by atoms with van der Waals surface area (Å²) in [6, 6.07) is 2.25. The van der Waals surface area contributed by atoms with Crippen LogP contribution < -0.4 is 16.6 Å². The van der Waals surface area contributed by atoms with Crippen molar-refractivity contribution in [2.45, 2.75) is 38.1 Å². The van der Waals surface area contributed by atoms with Crippen LogP contribution in [0.1, 0.15) is 39.4 Å². The monoisotopic (exact) mass is 464 g/mol. The standard InChI is InChI=1S/C19H20N4O6S2/c20-19-22-16(27)12-7-11(31-17(12)23-19)3-1-2-10-6-9(8-30-10)15(26)21-13(18(28)29)4-5-14(24)25/h6-8,13H,1-5H2,(H,21,26)(H,24,25)(H,28,29)(H3,20,22,23,27)/t13-/m0/s1. The molecule has 3 rings (SSSR count). The summed E-state index contributed by atoms with van der Waals surface area (Å²) < 4.78 is 0. The Morgan fingerprint density at radius 2 is 1.94 bits per heavy atom. The van der Waals surface area contributed by atoms with Gasteiger partial charge in [0.2, 0.25) is 5.95 Å². The zero-order valence-electron chi connectivity index (χ0n) is 16.2. The van der Waals surface area contributed by atoms with E-state index in [0.29, 0.717) is 22.2 Å². The first-order valence-corrected chi connectivity index (χ1v) is 11.0. The maximum absolute atomic E-state index is 12.3. The first-order valence-electron chi connectivity index (χ1n) is 9.34. The van der Waals surface area contributed by atoms with Gasteiger partial charge in [0.1, 0.15) is 10.9 Å². The summed E-state index contributed by atoms with van der Waals surface area (Å²) >= 11 is 2.81. The number of nitrogen functional groups attached to an aromatic ring is 1. The quantitative estimate of drug-likeness (QED) is 0.302. The lowest BCUT2D eigenvalue weighted by molar-refractivity contribution is -0.140. The van der Waals surface area contributed by atoms with E-state index >= 15 is 0 Å². The van der Waals surface area contributed by atoms with Gasteiger partial charge < -0.3 is 21.3 Å². The molecule has 0 aromatic carbocycles. The molecule has 10 nitrogen and oxygen atoms in total. The number of hydrogen-bond donors (Lipinski definition) is 5. The Morgan fingerprint density at radius 3 is 2.65 bits per heavy atom. The van der Waals surface area contributed by atoms with Crippen LogP contribution in [0.2, 0.25) is 0 Å². The van der Waals surface area contributed by atoms with Crippen molar-refractivity contribution in [2.75, 3.05) is 5.73 Å². The van der Waals surface area contributed by atoms with Crippen molar-refractivity contribution >= 4 is 56.7 Å². The van der Waals surface area contributed by atoms with Crippen LogP contribution in [-0.4, -0.2) is 44.1 Å².